The summed E-state index contributed by atoms with van der Waals surface area (Å²) in [4.78, 5) is 7.23. The zero-order valence-corrected chi connectivity index (χ0v) is 13.8. The van der Waals surface area contributed by atoms with Crippen LogP contribution in [0.15, 0.2) is 5.38 Å². The van der Waals surface area contributed by atoms with Crippen molar-refractivity contribution >= 4 is 11.3 Å². The quantitative estimate of drug-likeness (QED) is 0.783. The van der Waals surface area contributed by atoms with E-state index >= 15 is 0 Å². The third-order valence-corrected chi connectivity index (χ3v) is 4.48. The Labute approximate surface area is 126 Å². The highest BCUT2D eigenvalue weighted by Crippen LogP contribution is 2.30. The number of methoxy groups -OCH3 is 1. The van der Waals surface area contributed by atoms with E-state index < -0.39 is 0 Å². The molecule has 114 valence electrons. The minimum Gasteiger partial charge on any atom is -0.385 e. The van der Waals surface area contributed by atoms with E-state index in [1.807, 2.05) is 0 Å². The van der Waals surface area contributed by atoms with E-state index in [0.29, 0.717) is 0 Å². The molecule has 0 amide bonds. The first kappa shape index (κ1) is 15.9. The van der Waals surface area contributed by atoms with Gasteiger partial charge in [0.05, 0.1) is 12.3 Å². The monoisotopic (exact) mass is 298 g/mol. The number of thiazole rings is 1. The Bertz CT molecular complexity index is 414. The maximum Gasteiger partial charge on any atom is 0.123 e. The van der Waals surface area contributed by atoms with Gasteiger partial charge in [-0.1, -0.05) is 20.8 Å². The predicted octanol–water partition coefficient (Wildman–Crippen LogP) is 2.85. The van der Waals surface area contributed by atoms with Crippen LogP contribution in [0.4, 0.5) is 0 Å². The Morgan fingerprint density at radius 1 is 1.50 bits per heavy atom. The molecule has 1 aromatic rings. The molecule has 1 aliphatic rings. The van der Waals surface area contributed by atoms with Crippen LogP contribution in [0.5, 0.6) is 0 Å². The molecular formula is C15H26N2O2S. The van der Waals surface area contributed by atoms with E-state index in [2.05, 4.69) is 31.1 Å². The van der Waals surface area contributed by atoms with E-state index in [4.69, 9.17) is 14.5 Å². The first-order valence-electron chi connectivity index (χ1n) is 7.29. The van der Waals surface area contributed by atoms with Gasteiger partial charge in [0.1, 0.15) is 11.1 Å². The summed E-state index contributed by atoms with van der Waals surface area (Å²) in [6.07, 6.45) is 1.21. The molecule has 1 fully saturated rings. The van der Waals surface area contributed by atoms with Gasteiger partial charge in [-0.05, 0) is 6.42 Å². The molecule has 1 unspecified atom stereocenters. The van der Waals surface area contributed by atoms with Crippen LogP contribution < -0.4 is 0 Å². The van der Waals surface area contributed by atoms with Crippen LogP contribution in [0.1, 0.15) is 44.0 Å². The number of hydrogen-bond acceptors (Lipinski definition) is 5. The Balaban J connectivity index is 1.93. The fourth-order valence-electron chi connectivity index (χ4n) is 2.27. The van der Waals surface area contributed by atoms with E-state index in [1.165, 1.54) is 0 Å². The van der Waals surface area contributed by atoms with Gasteiger partial charge in [-0.3, -0.25) is 4.90 Å². The molecule has 1 aliphatic heterocycles. The molecule has 0 aliphatic carbocycles. The lowest BCUT2D eigenvalue weighted by molar-refractivity contribution is -0.0318. The number of morpholine rings is 1. The number of ether oxygens (including phenoxy) is 2. The van der Waals surface area contributed by atoms with Gasteiger partial charge < -0.3 is 9.47 Å². The maximum absolute atomic E-state index is 5.90. The van der Waals surface area contributed by atoms with Crippen LogP contribution in [0, 0.1) is 0 Å². The predicted molar refractivity (Wildman–Crippen MR) is 82.4 cm³/mol. The highest BCUT2D eigenvalue weighted by atomic mass is 32.1. The average Bonchev–Trinajstić information content (AvgIpc) is 2.89. The fraction of sp³-hybridized carbons (Fsp3) is 0.800. The van der Waals surface area contributed by atoms with Crippen LogP contribution >= 0.6 is 11.3 Å². The highest BCUT2D eigenvalue weighted by Gasteiger charge is 2.26. The van der Waals surface area contributed by atoms with Gasteiger partial charge in [-0.15, -0.1) is 11.3 Å². The molecule has 2 rings (SSSR count). The Kier molecular flexibility index (Phi) is 5.55. The molecule has 1 aromatic heterocycles. The van der Waals surface area contributed by atoms with Crippen molar-refractivity contribution in [1.82, 2.24) is 9.88 Å². The summed E-state index contributed by atoms with van der Waals surface area (Å²) >= 11 is 1.73. The Morgan fingerprint density at radius 2 is 2.30 bits per heavy atom. The Morgan fingerprint density at radius 3 is 2.95 bits per heavy atom. The molecule has 5 heteroatoms. The number of rotatable bonds is 5. The second-order valence-electron chi connectivity index (χ2n) is 6.33. The molecule has 0 aromatic carbocycles. The second kappa shape index (κ2) is 6.98. The van der Waals surface area contributed by atoms with E-state index in [0.717, 1.165) is 50.0 Å². The van der Waals surface area contributed by atoms with Gasteiger partial charge in [0.2, 0.25) is 0 Å². The smallest absolute Gasteiger partial charge is 0.123 e. The number of nitrogens with zero attached hydrogens (tertiary/aromatic N) is 2. The summed E-state index contributed by atoms with van der Waals surface area (Å²) in [6, 6.07) is 0. The van der Waals surface area contributed by atoms with Crippen LogP contribution in [-0.2, 0) is 14.9 Å². The number of hydrogen-bond donors (Lipinski definition) is 0. The molecular weight excluding hydrogens is 272 g/mol. The van der Waals surface area contributed by atoms with Gasteiger partial charge >= 0.3 is 0 Å². The summed E-state index contributed by atoms with van der Waals surface area (Å²) in [5.41, 5.74) is 1.28. The average molecular weight is 298 g/mol. The first-order valence-corrected chi connectivity index (χ1v) is 8.17. The van der Waals surface area contributed by atoms with Crippen molar-refractivity contribution in [2.45, 2.75) is 38.7 Å². The summed E-state index contributed by atoms with van der Waals surface area (Å²) in [5, 5.41) is 3.29. The standard InChI is InChI=1S/C15H26N2O2S/c1-15(2,3)13-11-20-14(16-13)12-10-17(7-9-19-12)6-5-8-18-4/h11-12H,5-10H2,1-4H3. The highest BCUT2D eigenvalue weighted by molar-refractivity contribution is 7.09. The first-order chi connectivity index (χ1) is 9.50. The second-order valence-corrected chi connectivity index (χ2v) is 7.22. The van der Waals surface area contributed by atoms with Gasteiger partial charge in [0.25, 0.3) is 0 Å². The summed E-state index contributed by atoms with van der Waals surface area (Å²) in [7, 11) is 1.76. The van der Waals surface area contributed by atoms with Crippen molar-refractivity contribution in [1.29, 1.82) is 0 Å². The van der Waals surface area contributed by atoms with Crippen molar-refractivity contribution in [3.63, 3.8) is 0 Å². The fourth-order valence-corrected chi connectivity index (χ4v) is 3.35. The minimum absolute atomic E-state index is 0.113. The minimum atomic E-state index is 0.113. The maximum atomic E-state index is 5.90. The van der Waals surface area contributed by atoms with Gasteiger partial charge in [0.15, 0.2) is 0 Å². The van der Waals surface area contributed by atoms with Gasteiger partial charge in [-0.2, -0.15) is 0 Å². The molecule has 0 saturated carbocycles. The molecule has 2 heterocycles. The Hall–Kier alpha value is -0.490. The van der Waals surface area contributed by atoms with Crippen molar-refractivity contribution in [2.24, 2.45) is 0 Å². The van der Waals surface area contributed by atoms with Crippen LogP contribution in [0.25, 0.3) is 0 Å². The van der Waals surface area contributed by atoms with Gasteiger partial charge in [0, 0.05) is 44.1 Å². The molecule has 20 heavy (non-hydrogen) atoms. The summed E-state index contributed by atoms with van der Waals surface area (Å²) in [6.45, 7) is 11.2. The van der Waals surface area contributed by atoms with Crippen molar-refractivity contribution in [2.75, 3.05) is 40.0 Å². The zero-order chi connectivity index (χ0) is 14.6. The molecule has 1 atom stereocenters. The lowest BCUT2D eigenvalue weighted by Crippen LogP contribution is -2.39. The zero-order valence-electron chi connectivity index (χ0n) is 13.0. The SMILES string of the molecule is COCCCN1CCOC(c2nc(C(C)(C)C)cs2)C1. The van der Waals surface area contributed by atoms with E-state index in [9.17, 15) is 0 Å². The van der Waals surface area contributed by atoms with E-state index in [-0.39, 0.29) is 11.5 Å². The molecule has 0 radical (unpaired) electrons. The third-order valence-electron chi connectivity index (χ3n) is 3.54. The lowest BCUT2D eigenvalue weighted by atomic mass is 9.93. The number of aromatic nitrogens is 1. The van der Waals surface area contributed by atoms with E-state index in [1.54, 1.807) is 18.4 Å². The molecule has 4 nitrogen and oxygen atoms in total. The normalized spacial score (nSPS) is 21.3. The summed E-state index contributed by atoms with van der Waals surface area (Å²) in [5.74, 6) is 0. The van der Waals surface area contributed by atoms with Crippen LogP contribution in [0.2, 0.25) is 0 Å². The molecule has 0 bridgehead atoms. The summed E-state index contributed by atoms with van der Waals surface area (Å²) < 4.78 is 11.0. The van der Waals surface area contributed by atoms with Crippen LogP contribution in [-0.4, -0.2) is 49.8 Å². The molecule has 0 N–H and O–H groups in total. The van der Waals surface area contributed by atoms with Crippen molar-refractivity contribution in [3.05, 3.63) is 16.1 Å². The largest absolute Gasteiger partial charge is 0.385 e. The topological polar surface area (TPSA) is 34.6 Å². The van der Waals surface area contributed by atoms with Crippen molar-refractivity contribution in [3.8, 4) is 0 Å². The van der Waals surface area contributed by atoms with Gasteiger partial charge in [-0.25, -0.2) is 4.98 Å². The lowest BCUT2D eigenvalue weighted by Gasteiger charge is -2.31. The van der Waals surface area contributed by atoms with Crippen molar-refractivity contribution < 1.29 is 9.47 Å². The third kappa shape index (κ3) is 4.25. The molecule has 0 spiro atoms. The molecule has 1 saturated heterocycles. The van der Waals surface area contributed by atoms with Crippen LogP contribution in [0.3, 0.4) is 0 Å².